The second kappa shape index (κ2) is 9.18. The first-order chi connectivity index (χ1) is 12.8. The van der Waals surface area contributed by atoms with E-state index in [0.717, 1.165) is 23.1 Å². The number of carboxylic acids is 1. The van der Waals surface area contributed by atoms with Gasteiger partial charge in [0.15, 0.2) is 11.6 Å². The quantitative estimate of drug-likeness (QED) is 0.737. The first-order valence-electron chi connectivity index (χ1n) is 8.13. The number of carboxylic acid groups (broad SMARTS) is 1. The Kier molecular flexibility index (Phi) is 6.95. The second-order valence-corrected chi connectivity index (χ2v) is 5.98. The van der Waals surface area contributed by atoms with Crippen LogP contribution >= 0.6 is 0 Å². The first-order valence-corrected chi connectivity index (χ1v) is 8.13. The van der Waals surface area contributed by atoms with E-state index in [1.54, 1.807) is 0 Å². The number of aliphatic hydroxyl groups excluding tert-OH is 1. The molecular formula is C19H18F3NO4. The molecule has 1 unspecified atom stereocenters. The van der Waals surface area contributed by atoms with Crippen LogP contribution in [-0.4, -0.2) is 33.5 Å². The van der Waals surface area contributed by atoms with Crippen molar-refractivity contribution in [3.63, 3.8) is 0 Å². The van der Waals surface area contributed by atoms with Gasteiger partial charge in [0.05, 0.1) is 18.9 Å². The van der Waals surface area contributed by atoms with Crippen LogP contribution in [0, 0.1) is 17.5 Å². The van der Waals surface area contributed by atoms with E-state index in [-0.39, 0.29) is 30.6 Å². The highest BCUT2D eigenvalue weighted by Gasteiger charge is 2.21. The smallest absolute Gasteiger partial charge is 0.305 e. The van der Waals surface area contributed by atoms with E-state index in [2.05, 4.69) is 0 Å². The molecule has 0 radical (unpaired) electrons. The van der Waals surface area contributed by atoms with E-state index in [1.807, 2.05) is 0 Å². The highest BCUT2D eigenvalue weighted by molar-refractivity contribution is 5.77. The molecule has 0 aromatic heterocycles. The summed E-state index contributed by atoms with van der Waals surface area (Å²) in [6.07, 6.45) is -2.05. The Balaban J connectivity index is 2.12. The second-order valence-electron chi connectivity index (χ2n) is 5.98. The van der Waals surface area contributed by atoms with Gasteiger partial charge >= 0.3 is 5.97 Å². The number of rotatable bonds is 8. The lowest BCUT2D eigenvalue weighted by atomic mass is 10.1. The van der Waals surface area contributed by atoms with Crippen LogP contribution in [0.5, 0.6) is 0 Å². The molecule has 1 amide bonds. The van der Waals surface area contributed by atoms with Gasteiger partial charge in [-0.15, -0.1) is 0 Å². The monoisotopic (exact) mass is 381 g/mol. The van der Waals surface area contributed by atoms with E-state index in [0.29, 0.717) is 0 Å². The maximum absolute atomic E-state index is 13.4. The zero-order valence-electron chi connectivity index (χ0n) is 14.2. The van der Waals surface area contributed by atoms with Gasteiger partial charge in [0.2, 0.25) is 5.91 Å². The Bertz CT molecular complexity index is 828. The van der Waals surface area contributed by atoms with E-state index in [9.17, 15) is 27.9 Å². The van der Waals surface area contributed by atoms with E-state index >= 15 is 0 Å². The molecule has 0 aliphatic carbocycles. The lowest BCUT2D eigenvalue weighted by molar-refractivity contribution is -0.139. The molecule has 5 nitrogen and oxygen atoms in total. The molecule has 2 aromatic carbocycles. The fourth-order valence-corrected chi connectivity index (χ4v) is 2.51. The number of aliphatic carboxylic acids is 1. The molecular weight excluding hydrogens is 363 g/mol. The van der Waals surface area contributed by atoms with Gasteiger partial charge in [-0.05, 0) is 35.4 Å². The average Bonchev–Trinajstić information content (AvgIpc) is 2.61. The summed E-state index contributed by atoms with van der Waals surface area (Å²) in [4.78, 5) is 24.4. The molecule has 0 heterocycles. The molecule has 0 saturated heterocycles. The average molecular weight is 381 g/mol. The van der Waals surface area contributed by atoms with E-state index in [1.165, 1.54) is 24.3 Å². The van der Waals surface area contributed by atoms with Crippen LogP contribution in [-0.2, 0) is 16.1 Å². The van der Waals surface area contributed by atoms with Gasteiger partial charge < -0.3 is 15.1 Å². The predicted octanol–water partition coefficient (Wildman–Crippen LogP) is 3.03. The van der Waals surface area contributed by atoms with Crippen molar-refractivity contribution in [1.82, 2.24) is 4.90 Å². The number of halogens is 3. The largest absolute Gasteiger partial charge is 0.481 e. The van der Waals surface area contributed by atoms with Crippen molar-refractivity contribution < 1.29 is 33.0 Å². The molecule has 27 heavy (non-hydrogen) atoms. The van der Waals surface area contributed by atoms with Crippen LogP contribution in [0.15, 0.2) is 42.5 Å². The van der Waals surface area contributed by atoms with Crippen molar-refractivity contribution in [2.75, 3.05) is 6.54 Å². The minimum atomic E-state index is -1.29. The summed E-state index contributed by atoms with van der Waals surface area (Å²) in [5.74, 6) is -4.42. The number of amides is 1. The SMILES string of the molecule is O=C(O)CCN(Cc1ccc(F)c(F)c1)C(=O)CC(O)c1cccc(F)c1. The van der Waals surface area contributed by atoms with Crippen molar-refractivity contribution in [2.24, 2.45) is 0 Å². The normalized spacial score (nSPS) is 11.9. The van der Waals surface area contributed by atoms with Crippen molar-refractivity contribution in [3.8, 4) is 0 Å². The molecule has 0 fully saturated rings. The molecule has 0 saturated carbocycles. The number of aliphatic hydroxyl groups is 1. The zero-order chi connectivity index (χ0) is 20.0. The summed E-state index contributed by atoms with van der Waals surface area (Å²) in [6, 6.07) is 8.24. The Morgan fingerprint density at radius 1 is 1.04 bits per heavy atom. The summed E-state index contributed by atoms with van der Waals surface area (Å²) in [7, 11) is 0. The Morgan fingerprint density at radius 3 is 2.41 bits per heavy atom. The van der Waals surface area contributed by atoms with Crippen LogP contribution in [0.25, 0.3) is 0 Å². The summed E-state index contributed by atoms with van der Waals surface area (Å²) in [6.45, 7) is -0.331. The van der Waals surface area contributed by atoms with Crippen molar-refractivity contribution in [2.45, 2.75) is 25.5 Å². The maximum Gasteiger partial charge on any atom is 0.305 e. The Hall–Kier alpha value is -2.87. The fourth-order valence-electron chi connectivity index (χ4n) is 2.51. The third-order valence-corrected chi connectivity index (χ3v) is 3.91. The van der Waals surface area contributed by atoms with Crippen molar-refractivity contribution in [3.05, 3.63) is 71.0 Å². The molecule has 8 heteroatoms. The molecule has 0 aliphatic rings. The number of hydrogen-bond donors (Lipinski definition) is 2. The molecule has 1 atom stereocenters. The van der Waals surface area contributed by atoms with Gasteiger partial charge in [0, 0.05) is 13.1 Å². The molecule has 144 valence electrons. The standard InChI is InChI=1S/C19H18F3NO4/c20-14-3-1-2-13(9-14)17(24)10-18(25)23(7-6-19(26)27)11-12-4-5-15(21)16(22)8-12/h1-5,8-9,17,24H,6-7,10-11H2,(H,26,27). The number of nitrogens with zero attached hydrogens (tertiary/aromatic N) is 1. The third kappa shape index (κ3) is 6.10. The summed E-state index contributed by atoms with van der Waals surface area (Å²) in [5.41, 5.74) is 0.474. The molecule has 0 spiro atoms. The maximum atomic E-state index is 13.4. The topological polar surface area (TPSA) is 77.8 Å². The highest BCUT2D eigenvalue weighted by atomic mass is 19.2. The minimum absolute atomic E-state index is 0.154. The van der Waals surface area contributed by atoms with Crippen LogP contribution in [0.1, 0.15) is 30.1 Å². The number of benzene rings is 2. The van der Waals surface area contributed by atoms with Gasteiger partial charge in [-0.3, -0.25) is 9.59 Å². The number of carbonyl (C=O) groups is 2. The Labute approximate surface area is 153 Å². The van der Waals surface area contributed by atoms with Gasteiger partial charge in [-0.1, -0.05) is 18.2 Å². The zero-order valence-corrected chi connectivity index (χ0v) is 14.2. The lowest BCUT2D eigenvalue weighted by Gasteiger charge is -2.24. The lowest BCUT2D eigenvalue weighted by Crippen LogP contribution is -2.33. The minimum Gasteiger partial charge on any atom is -0.481 e. The number of hydrogen-bond acceptors (Lipinski definition) is 3. The van der Waals surface area contributed by atoms with Gasteiger partial charge in [0.25, 0.3) is 0 Å². The van der Waals surface area contributed by atoms with Crippen LogP contribution in [0.3, 0.4) is 0 Å². The van der Waals surface area contributed by atoms with Crippen LogP contribution in [0.4, 0.5) is 13.2 Å². The molecule has 2 aromatic rings. The van der Waals surface area contributed by atoms with Crippen molar-refractivity contribution >= 4 is 11.9 Å². The first kappa shape index (κ1) is 20.4. The number of carbonyl (C=O) groups excluding carboxylic acids is 1. The summed E-state index contributed by atoms with van der Waals surface area (Å²) < 4.78 is 39.7. The predicted molar refractivity (Wildman–Crippen MR) is 90.0 cm³/mol. The van der Waals surface area contributed by atoms with Crippen LogP contribution < -0.4 is 0 Å². The molecule has 0 bridgehead atoms. The van der Waals surface area contributed by atoms with Crippen LogP contribution in [0.2, 0.25) is 0 Å². The Morgan fingerprint density at radius 2 is 1.78 bits per heavy atom. The van der Waals surface area contributed by atoms with Gasteiger partial charge in [0.1, 0.15) is 5.82 Å². The molecule has 0 aliphatic heterocycles. The van der Waals surface area contributed by atoms with Gasteiger partial charge in [-0.25, -0.2) is 13.2 Å². The fraction of sp³-hybridized carbons (Fsp3) is 0.263. The molecule has 2 rings (SSSR count). The van der Waals surface area contributed by atoms with Gasteiger partial charge in [-0.2, -0.15) is 0 Å². The third-order valence-electron chi connectivity index (χ3n) is 3.91. The summed E-state index contributed by atoms with van der Waals surface area (Å²) >= 11 is 0. The summed E-state index contributed by atoms with van der Waals surface area (Å²) in [5, 5.41) is 19.0. The van der Waals surface area contributed by atoms with E-state index in [4.69, 9.17) is 5.11 Å². The highest BCUT2D eigenvalue weighted by Crippen LogP contribution is 2.20. The van der Waals surface area contributed by atoms with E-state index < -0.39 is 41.9 Å². The molecule has 2 N–H and O–H groups in total. The van der Waals surface area contributed by atoms with Crippen molar-refractivity contribution in [1.29, 1.82) is 0 Å².